The minimum Gasteiger partial charge on any atom is -0.496 e. The van der Waals surface area contributed by atoms with Crippen molar-refractivity contribution in [3.05, 3.63) is 29.3 Å². The fraction of sp³-hybridized carbons (Fsp3) is 0.647. The third kappa shape index (κ3) is 4.61. The van der Waals surface area contributed by atoms with E-state index in [1.165, 1.54) is 13.2 Å². The summed E-state index contributed by atoms with van der Waals surface area (Å²) in [6, 6.07) is 3.98. The molecule has 1 aromatic rings. The minimum absolute atomic E-state index is 0.106. The van der Waals surface area contributed by atoms with Crippen molar-refractivity contribution in [2.75, 3.05) is 33.3 Å². The van der Waals surface area contributed by atoms with Crippen molar-refractivity contribution < 1.29 is 17.9 Å². The number of rotatable bonds is 6. The van der Waals surface area contributed by atoms with Crippen LogP contribution in [0.2, 0.25) is 0 Å². The number of ether oxygens (including phenoxy) is 1. The molecule has 1 atom stereocenters. The zero-order valence-corrected chi connectivity index (χ0v) is 13.7. The van der Waals surface area contributed by atoms with Crippen LogP contribution in [0, 0.1) is 0 Å². The van der Waals surface area contributed by atoms with Gasteiger partial charge in [-0.25, -0.2) is 0 Å². The van der Waals surface area contributed by atoms with Gasteiger partial charge in [-0.2, -0.15) is 13.2 Å². The molecule has 3 nitrogen and oxygen atoms in total. The van der Waals surface area contributed by atoms with E-state index in [1.807, 2.05) is 0 Å². The minimum atomic E-state index is -4.35. The zero-order valence-electron chi connectivity index (χ0n) is 13.7. The molecule has 2 rings (SSSR count). The Bertz CT molecular complexity index is 499. The van der Waals surface area contributed by atoms with Gasteiger partial charge < -0.3 is 10.1 Å². The Balaban J connectivity index is 2.32. The van der Waals surface area contributed by atoms with E-state index in [4.69, 9.17) is 4.74 Å². The van der Waals surface area contributed by atoms with Gasteiger partial charge in [-0.3, -0.25) is 4.90 Å². The van der Waals surface area contributed by atoms with Gasteiger partial charge in [0.2, 0.25) is 0 Å². The number of alkyl halides is 3. The average Bonchev–Trinajstić information content (AvgIpc) is 2.55. The summed E-state index contributed by atoms with van der Waals surface area (Å²) in [5, 5.41) is 3.31. The molecule has 0 aromatic heterocycles. The largest absolute Gasteiger partial charge is 0.496 e. The quantitative estimate of drug-likeness (QED) is 0.857. The highest BCUT2D eigenvalue weighted by molar-refractivity contribution is 5.41. The first-order valence-electron chi connectivity index (χ1n) is 8.17. The SMILES string of the molecule is CCCC[C@H](c1ccc(C(F)(F)F)cc1OC)N1CCNCC1. The van der Waals surface area contributed by atoms with Crippen LogP contribution >= 0.6 is 0 Å². The predicted octanol–water partition coefficient (Wildman–Crippen LogP) is 3.85. The smallest absolute Gasteiger partial charge is 0.416 e. The van der Waals surface area contributed by atoms with E-state index in [0.29, 0.717) is 5.75 Å². The molecular formula is C17H25F3N2O. The topological polar surface area (TPSA) is 24.5 Å². The van der Waals surface area contributed by atoms with Gasteiger partial charge in [0.05, 0.1) is 12.7 Å². The molecule has 0 radical (unpaired) electrons. The lowest BCUT2D eigenvalue weighted by molar-refractivity contribution is -0.137. The first kappa shape index (κ1) is 18.1. The van der Waals surface area contributed by atoms with Crippen LogP contribution in [-0.4, -0.2) is 38.2 Å². The summed E-state index contributed by atoms with van der Waals surface area (Å²) in [6.07, 6.45) is -1.32. The highest BCUT2D eigenvalue weighted by atomic mass is 19.4. The summed E-state index contributed by atoms with van der Waals surface area (Å²) in [7, 11) is 1.44. The molecule has 23 heavy (non-hydrogen) atoms. The molecule has 0 unspecified atom stereocenters. The first-order valence-corrected chi connectivity index (χ1v) is 8.17. The van der Waals surface area contributed by atoms with E-state index in [9.17, 15) is 13.2 Å². The first-order chi connectivity index (χ1) is 11.0. The lowest BCUT2D eigenvalue weighted by Gasteiger charge is -2.36. The van der Waals surface area contributed by atoms with Crippen LogP contribution in [-0.2, 0) is 6.18 Å². The molecule has 6 heteroatoms. The molecule has 0 aliphatic carbocycles. The van der Waals surface area contributed by atoms with E-state index in [-0.39, 0.29) is 6.04 Å². The van der Waals surface area contributed by atoms with E-state index in [0.717, 1.165) is 57.1 Å². The number of methoxy groups -OCH3 is 1. The molecule has 0 bridgehead atoms. The van der Waals surface area contributed by atoms with Crippen LogP contribution in [0.4, 0.5) is 13.2 Å². The number of piperazine rings is 1. The summed E-state index contributed by atoms with van der Waals surface area (Å²) in [5.74, 6) is 0.333. The van der Waals surface area contributed by atoms with Crippen LogP contribution in [0.3, 0.4) is 0 Å². The highest BCUT2D eigenvalue weighted by Crippen LogP contribution is 2.38. The summed E-state index contributed by atoms with van der Waals surface area (Å²) < 4.78 is 44.1. The molecule has 1 aliphatic heterocycles. The molecule has 1 heterocycles. The van der Waals surface area contributed by atoms with E-state index >= 15 is 0 Å². The normalized spacial score (nSPS) is 18.0. The number of halogens is 3. The second-order valence-corrected chi connectivity index (χ2v) is 5.90. The standard InChI is InChI=1S/C17H25F3N2O/c1-3-4-5-15(22-10-8-21-9-11-22)14-7-6-13(17(18,19)20)12-16(14)23-2/h6-7,12,15,21H,3-5,8-11H2,1-2H3/t15-/m1/s1. The van der Waals surface area contributed by atoms with E-state index < -0.39 is 11.7 Å². The fourth-order valence-corrected chi connectivity index (χ4v) is 3.09. The van der Waals surface area contributed by atoms with Gasteiger partial charge in [-0.15, -0.1) is 0 Å². The van der Waals surface area contributed by atoms with Gasteiger partial charge in [0.1, 0.15) is 5.75 Å². The van der Waals surface area contributed by atoms with Gasteiger partial charge in [-0.1, -0.05) is 25.8 Å². The number of hydrogen-bond donors (Lipinski definition) is 1. The van der Waals surface area contributed by atoms with Gasteiger partial charge >= 0.3 is 6.18 Å². The third-order valence-corrected chi connectivity index (χ3v) is 4.34. The Kier molecular flexibility index (Phi) is 6.30. The number of benzene rings is 1. The van der Waals surface area contributed by atoms with Crippen LogP contribution in [0.1, 0.15) is 43.4 Å². The molecule has 1 N–H and O–H groups in total. The van der Waals surface area contributed by atoms with E-state index in [1.54, 1.807) is 6.07 Å². The number of unbranched alkanes of at least 4 members (excludes halogenated alkanes) is 1. The second-order valence-electron chi connectivity index (χ2n) is 5.90. The number of hydrogen-bond acceptors (Lipinski definition) is 3. The Morgan fingerprint density at radius 3 is 2.52 bits per heavy atom. The van der Waals surface area contributed by atoms with Crippen molar-refractivity contribution in [3.8, 4) is 5.75 Å². The summed E-state index contributed by atoms with van der Waals surface area (Å²) in [5.41, 5.74) is 0.198. The van der Waals surface area contributed by atoms with Crippen LogP contribution in [0.15, 0.2) is 18.2 Å². The summed E-state index contributed by atoms with van der Waals surface area (Å²) >= 11 is 0. The van der Waals surface area contributed by atoms with Gasteiger partial charge in [-0.05, 0) is 18.6 Å². The molecular weight excluding hydrogens is 305 g/mol. The highest BCUT2D eigenvalue weighted by Gasteiger charge is 2.32. The summed E-state index contributed by atoms with van der Waals surface area (Å²) in [6.45, 7) is 5.74. The van der Waals surface area contributed by atoms with Crippen molar-refractivity contribution >= 4 is 0 Å². The molecule has 130 valence electrons. The zero-order chi connectivity index (χ0) is 16.9. The van der Waals surface area contributed by atoms with Crippen molar-refractivity contribution in [1.29, 1.82) is 0 Å². The number of nitrogens with one attached hydrogen (secondary N) is 1. The molecule has 1 fully saturated rings. The average molecular weight is 330 g/mol. The van der Waals surface area contributed by atoms with Crippen molar-refractivity contribution in [2.45, 2.75) is 38.4 Å². The van der Waals surface area contributed by atoms with Crippen LogP contribution in [0.5, 0.6) is 5.75 Å². The monoisotopic (exact) mass is 330 g/mol. The maximum Gasteiger partial charge on any atom is 0.416 e. The molecule has 0 saturated carbocycles. The Labute approximate surface area is 135 Å². The third-order valence-electron chi connectivity index (χ3n) is 4.34. The molecule has 0 amide bonds. The van der Waals surface area contributed by atoms with Crippen molar-refractivity contribution in [2.24, 2.45) is 0 Å². The predicted molar refractivity (Wildman–Crippen MR) is 84.7 cm³/mol. The maximum atomic E-state index is 12.9. The van der Waals surface area contributed by atoms with Crippen LogP contribution in [0.25, 0.3) is 0 Å². The Morgan fingerprint density at radius 2 is 1.96 bits per heavy atom. The molecule has 1 aliphatic rings. The molecule has 0 spiro atoms. The van der Waals surface area contributed by atoms with Crippen molar-refractivity contribution in [1.82, 2.24) is 10.2 Å². The van der Waals surface area contributed by atoms with Gasteiger partial charge in [0, 0.05) is 37.8 Å². The van der Waals surface area contributed by atoms with Crippen LogP contribution < -0.4 is 10.1 Å². The van der Waals surface area contributed by atoms with Crippen molar-refractivity contribution in [3.63, 3.8) is 0 Å². The van der Waals surface area contributed by atoms with E-state index in [2.05, 4.69) is 17.1 Å². The second kappa shape index (κ2) is 8.02. The Morgan fingerprint density at radius 1 is 1.26 bits per heavy atom. The Hall–Kier alpha value is -1.27. The number of nitrogens with zero attached hydrogens (tertiary/aromatic N) is 1. The lowest BCUT2D eigenvalue weighted by atomic mass is 9.96. The fourth-order valence-electron chi connectivity index (χ4n) is 3.09. The lowest BCUT2D eigenvalue weighted by Crippen LogP contribution is -2.45. The molecule has 1 saturated heterocycles. The maximum absolute atomic E-state index is 12.9. The van der Waals surface area contributed by atoms with Gasteiger partial charge in [0.15, 0.2) is 0 Å². The van der Waals surface area contributed by atoms with Gasteiger partial charge in [0.25, 0.3) is 0 Å². The summed E-state index contributed by atoms with van der Waals surface area (Å²) in [4.78, 5) is 2.34. The molecule has 1 aromatic carbocycles.